The lowest BCUT2D eigenvalue weighted by molar-refractivity contribution is 0.357. The smallest absolute Gasteiger partial charge is 0.246 e. The highest BCUT2D eigenvalue weighted by Crippen LogP contribution is 2.36. The average molecular weight is 283 g/mol. The van der Waals surface area contributed by atoms with Gasteiger partial charge in [-0.3, -0.25) is 0 Å². The largest absolute Gasteiger partial charge is 0.369 e. The Bertz CT molecular complexity index is 541. The second-order valence-electron chi connectivity index (χ2n) is 4.98. The summed E-state index contributed by atoms with van der Waals surface area (Å²) in [7, 11) is -1.83. The molecule has 1 atom stereocenters. The molecule has 0 aliphatic heterocycles. The summed E-state index contributed by atoms with van der Waals surface area (Å²) in [6.07, 6.45) is 3.84. The molecule has 1 aliphatic carbocycles. The van der Waals surface area contributed by atoms with E-state index in [1.165, 1.54) is 4.31 Å². The maximum absolute atomic E-state index is 12.6. The number of nitrogens with one attached hydrogen (secondary N) is 1. The molecule has 0 bridgehead atoms. The van der Waals surface area contributed by atoms with Gasteiger partial charge in [0.1, 0.15) is 10.7 Å². The standard InChI is InChI=1S/C13H21N3O2S/c1-4-14-13-12(6-5-9-15-13)19(17,18)16(3)10(2)11-7-8-11/h5-6,9-11H,4,7-8H2,1-3H3,(H,14,15). The van der Waals surface area contributed by atoms with Crippen molar-refractivity contribution in [1.82, 2.24) is 9.29 Å². The molecule has 0 radical (unpaired) electrons. The summed E-state index contributed by atoms with van der Waals surface area (Å²) in [5.74, 6) is 0.930. The third-order valence-electron chi connectivity index (χ3n) is 3.65. The number of aromatic nitrogens is 1. The summed E-state index contributed by atoms with van der Waals surface area (Å²) in [6.45, 7) is 4.53. The van der Waals surface area contributed by atoms with Gasteiger partial charge >= 0.3 is 0 Å². The Morgan fingerprint density at radius 2 is 2.21 bits per heavy atom. The zero-order valence-corrected chi connectivity index (χ0v) is 12.4. The Balaban J connectivity index is 2.32. The van der Waals surface area contributed by atoms with Crippen LogP contribution in [0, 0.1) is 5.92 Å². The van der Waals surface area contributed by atoms with E-state index in [1.807, 2.05) is 13.8 Å². The first-order valence-electron chi connectivity index (χ1n) is 6.65. The van der Waals surface area contributed by atoms with Crippen LogP contribution in [0.15, 0.2) is 23.2 Å². The van der Waals surface area contributed by atoms with Crippen molar-refractivity contribution in [2.45, 2.75) is 37.6 Å². The molecule has 1 aromatic rings. The number of hydrogen-bond acceptors (Lipinski definition) is 4. The number of sulfonamides is 1. The van der Waals surface area contributed by atoms with E-state index in [9.17, 15) is 8.42 Å². The number of pyridine rings is 1. The molecule has 1 heterocycles. The molecule has 106 valence electrons. The van der Waals surface area contributed by atoms with Crippen molar-refractivity contribution in [1.29, 1.82) is 0 Å². The lowest BCUT2D eigenvalue weighted by atomic mass is 10.2. The Morgan fingerprint density at radius 1 is 1.53 bits per heavy atom. The Labute approximate surface area is 115 Å². The van der Waals surface area contributed by atoms with Crippen molar-refractivity contribution < 1.29 is 8.42 Å². The maximum Gasteiger partial charge on any atom is 0.246 e. The van der Waals surface area contributed by atoms with E-state index in [1.54, 1.807) is 25.4 Å². The molecule has 2 rings (SSSR count). The monoisotopic (exact) mass is 283 g/mol. The Hall–Kier alpha value is -1.14. The van der Waals surface area contributed by atoms with Crippen molar-refractivity contribution in [2.24, 2.45) is 5.92 Å². The van der Waals surface area contributed by atoms with Crippen molar-refractivity contribution in [3.63, 3.8) is 0 Å². The van der Waals surface area contributed by atoms with Crippen LogP contribution in [-0.2, 0) is 10.0 Å². The SMILES string of the molecule is CCNc1ncccc1S(=O)(=O)N(C)C(C)C1CC1. The normalized spacial score (nSPS) is 17.5. The fourth-order valence-electron chi connectivity index (χ4n) is 2.15. The summed E-state index contributed by atoms with van der Waals surface area (Å²) in [6, 6.07) is 3.31. The van der Waals surface area contributed by atoms with Crippen LogP contribution in [0.4, 0.5) is 5.82 Å². The minimum absolute atomic E-state index is 0.0414. The van der Waals surface area contributed by atoms with Crippen LogP contribution in [-0.4, -0.2) is 37.3 Å². The van der Waals surface area contributed by atoms with Gasteiger partial charge in [0.05, 0.1) is 0 Å². The molecule has 1 saturated carbocycles. The molecule has 1 fully saturated rings. The molecule has 1 aromatic heterocycles. The van der Waals surface area contributed by atoms with Gasteiger partial charge in [-0.25, -0.2) is 13.4 Å². The number of rotatable bonds is 6. The lowest BCUT2D eigenvalue weighted by Crippen LogP contribution is -2.36. The molecule has 0 amide bonds. The quantitative estimate of drug-likeness (QED) is 0.866. The second-order valence-corrected chi connectivity index (χ2v) is 6.95. The van der Waals surface area contributed by atoms with Crippen molar-refractivity contribution in [2.75, 3.05) is 18.9 Å². The van der Waals surface area contributed by atoms with E-state index in [-0.39, 0.29) is 10.9 Å². The molecular weight excluding hydrogens is 262 g/mol. The Kier molecular flexibility index (Phi) is 4.10. The lowest BCUT2D eigenvalue weighted by Gasteiger charge is -2.25. The summed E-state index contributed by atoms with van der Waals surface area (Å²) < 4.78 is 26.8. The third-order valence-corrected chi connectivity index (χ3v) is 5.63. The zero-order valence-electron chi connectivity index (χ0n) is 11.6. The van der Waals surface area contributed by atoms with Crippen LogP contribution < -0.4 is 5.32 Å². The first-order valence-corrected chi connectivity index (χ1v) is 8.09. The molecule has 0 spiro atoms. The van der Waals surface area contributed by atoms with Gasteiger partial charge in [-0.15, -0.1) is 0 Å². The van der Waals surface area contributed by atoms with Crippen LogP contribution in [0.3, 0.4) is 0 Å². The number of hydrogen-bond donors (Lipinski definition) is 1. The van der Waals surface area contributed by atoms with E-state index < -0.39 is 10.0 Å². The summed E-state index contributed by atoms with van der Waals surface area (Å²) in [5.41, 5.74) is 0. The van der Waals surface area contributed by atoms with Crippen LogP contribution >= 0.6 is 0 Å². The van der Waals surface area contributed by atoms with E-state index in [0.717, 1.165) is 12.8 Å². The van der Waals surface area contributed by atoms with Gasteiger partial charge in [-0.2, -0.15) is 4.31 Å². The highest BCUT2D eigenvalue weighted by atomic mass is 32.2. The van der Waals surface area contributed by atoms with Crippen LogP contribution in [0.1, 0.15) is 26.7 Å². The van der Waals surface area contributed by atoms with Crippen LogP contribution in [0.2, 0.25) is 0 Å². The van der Waals surface area contributed by atoms with Gasteiger partial charge in [0, 0.05) is 25.8 Å². The van der Waals surface area contributed by atoms with Crippen molar-refractivity contribution in [3.05, 3.63) is 18.3 Å². The van der Waals surface area contributed by atoms with Crippen LogP contribution in [0.5, 0.6) is 0 Å². The van der Waals surface area contributed by atoms with Gasteiger partial charge in [-0.05, 0) is 44.7 Å². The molecule has 1 unspecified atom stereocenters. The van der Waals surface area contributed by atoms with Gasteiger partial charge < -0.3 is 5.32 Å². The maximum atomic E-state index is 12.6. The number of anilines is 1. The molecule has 1 aliphatic rings. The third kappa shape index (κ3) is 2.90. The molecule has 0 aromatic carbocycles. The summed E-state index contributed by atoms with van der Waals surface area (Å²) in [5, 5.41) is 3.00. The van der Waals surface area contributed by atoms with Gasteiger partial charge in [-0.1, -0.05) is 0 Å². The van der Waals surface area contributed by atoms with E-state index in [4.69, 9.17) is 0 Å². The van der Waals surface area contributed by atoms with Crippen LogP contribution in [0.25, 0.3) is 0 Å². The highest BCUT2D eigenvalue weighted by molar-refractivity contribution is 7.89. The Morgan fingerprint density at radius 3 is 2.79 bits per heavy atom. The molecule has 6 heteroatoms. The summed E-state index contributed by atoms with van der Waals surface area (Å²) >= 11 is 0. The first-order chi connectivity index (χ1) is 8.98. The van der Waals surface area contributed by atoms with Gasteiger partial charge in [0.15, 0.2) is 0 Å². The molecule has 1 N–H and O–H groups in total. The topological polar surface area (TPSA) is 62.3 Å². The fraction of sp³-hybridized carbons (Fsp3) is 0.615. The molecule has 5 nitrogen and oxygen atoms in total. The number of nitrogens with zero attached hydrogens (tertiary/aromatic N) is 2. The van der Waals surface area contributed by atoms with E-state index in [0.29, 0.717) is 18.3 Å². The van der Waals surface area contributed by atoms with Gasteiger partial charge in [0.25, 0.3) is 0 Å². The predicted molar refractivity (Wildman–Crippen MR) is 75.5 cm³/mol. The van der Waals surface area contributed by atoms with E-state index in [2.05, 4.69) is 10.3 Å². The van der Waals surface area contributed by atoms with Crippen molar-refractivity contribution in [3.8, 4) is 0 Å². The highest BCUT2D eigenvalue weighted by Gasteiger charge is 2.36. The fourth-order valence-corrected chi connectivity index (χ4v) is 3.69. The summed E-state index contributed by atoms with van der Waals surface area (Å²) in [4.78, 5) is 4.38. The first kappa shape index (κ1) is 14.3. The molecular formula is C13H21N3O2S. The average Bonchev–Trinajstić information content (AvgIpc) is 3.22. The van der Waals surface area contributed by atoms with Crippen molar-refractivity contribution >= 4 is 15.8 Å². The van der Waals surface area contributed by atoms with Gasteiger partial charge in [0.2, 0.25) is 10.0 Å². The zero-order chi connectivity index (χ0) is 14.0. The molecule has 0 saturated heterocycles. The molecule has 19 heavy (non-hydrogen) atoms. The minimum atomic E-state index is -3.49. The predicted octanol–water partition coefficient (Wildman–Crippen LogP) is 1.93. The van der Waals surface area contributed by atoms with E-state index >= 15 is 0 Å². The minimum Gasteiger partial charge on any atom is -0.369 e. The second kappa shape index (κ2) is 5.46.